The third kappa shape index (κ3) is 5.54. The molecule has 5 heteroatoms. The summed E-state index contributed by atoms with van der Waals surface area (Å²) in [6.45, 7) is 1.21. The van der Waals surface area contributed by atoms with Crippen LogP contribution in [-0.4, -0.2) is 19.0 Å². The highest BCUT2D eigenvalue weighted by atomic mass is 19.1. The zero-order valence-corrected chi connectivity index (χ0v) is 12.2. The molecule has 0 atom stereocenters. The number of amides is 1. The number of carbonyl (C=O) groups excluding carboxylic acids is 1. The van der Waals surface area contributed by atoms with Crippen LogP contribution in [0.2, 0.25) is 0 Å². The Hall–Kier alpha value is -2.40. The van der Waals surface area contributed by atoms with Crippen LogP contribution in [0, 0.1) is 5.82 Å². The molecule has 0 aliphatic heterocycles. The van der Waals surface area contributed by atoms with Gasteiger partial charge in [0.2, 0.25) is 5.91 Å². The first-order valence-corrected chi connectivity index (χ1v) is 7.09. The molecular weight excluding hydrogens is 283 g/mol. The molecule has 4 nitrogen and oxygen atoms in total. The van der Waals surface area contributed by atoms with Gasteiger partial charge in [-0.1, -0.05) is 24.3 Å². The summed E-state index contributed by atoms with van der Waals surface area (Å²) in [5.74, 6) is 0.110. The Morgan fingerprint density at radius 3 is 2.59 bits per heavy atom. The van der Waals surface area contributed by atoms with Gasteiger partial charge in [-0.2, -0.15) is 0 Å². The Labute approximate surface area is 129 Å². The first-order valence-electron chi connectivity index (χ1n) is 7.09. The van der Waals surface area contributed by atoms with Crippen molar-refractivity contribution in [2.75, 3.05) is 13.1 Å². The minimum atomic E-state index is -0.360. The van der Waals surface area contributed by atoms with Gasteiger partial charge >= 0.3 is 0 Å². The predicted octanol–water partition coefficient (Wildman–Crippen LogP) is 2.02. The standard InChI is InChI=1S/C17H19FN2O2/c18-15-3-1-2-14(10-15)12-22-16-6-4-13(5-7-16)8-9-20-11-17(19)21/h1-7,10,20H,8-9,11-12H2,(H2,19,21). The van der Waals surface area contributed by atoms with Crippen LogP contribution < -0.4 is 15.8 Å². The van der Waals surface area contributed by atoms with Crippen LogP contribution in [0.15, 0.2) is 48.5 Å². The van der Waals surface area contributed by atoms with Gasteiger partial charge in [-0.3, -0.25) is 4.79 Å². The van der Waals surface area contributed by atoms with E-state index in [2.05, 4.69) is 5.32 Å². The number of benzene rings is 2. The van der Waals surface area contributed by atoms with E-state index < -0.39 is 0 Å². The number of nitrogens with one attached hydrogen (secondary N) is 1. The van der Waals surface area contributed by atoms with Crippen LogP contribution in [0.5, 0.6) is 5.75 Å². The molecule has 0 bridgehead atoms. The van der Waals surface area contributed by atoms with Crippen molar-refractivity contribution in [1.29, 1.82) is 0 Å². The van der Waals surface area contributed by atoms with Gasteiger partial charge in [-0.05, 0) is 48.4 Å². The first-order chi connectivity index (χ1) is 10.6. The number of nitrogens with two attached hydrogens (primary N) is 1. The monoisotopic (exact) mass is 302 g/mol. The fourth-order valence-corrected chi connectivity index (χ4v) is 1.99. The van der Waals surface area contributed by atoms with E-state index in [1.165, 1.54) is 12.1 Å². The summed E-state index contributed by atoms with van der Waals surface area (Å²) >= 11 is 0. The minimum Gasteiger partial charge on any atom is -0.489 e. The normalized spacial score (nSPS) is 10.4. The quantitative estimate of drug-likeness (QED) is 0.733. The fourth-order valence-electron chi connectivity index (χ4n) is 1.99. The Balaban J connectivity index is 1.78. The molecule has 1 amide bonds. The molecule has 2 aromatic carbocycles. The molecule has 0 aromatic heterocycles. The number of rotatable bonds is 8. The average Bonchev–Trinajstić information content (AvgIpc) is 2.51. The summed E-state index contributed by atoms with van der Waals surface area (Å²) < 4.78 is 18.7. The van der Waals surface area contributed by atoms with Crippen LogP contribution in [0.1, 0.15) is 11.1 Å². The second-order valence-electron chi connectivity index (χ2n) is 4.96. The molecule has 0 spiro atoms. The van der Waals surface area contributed by atoms with Crippen molar-refractivity contribution in [3.8, 4) is 5.75 Å². The molecule has 0 heterocycles. The second-order valence-corrected chi connectivity index (χ2v) is 4.96. The van der Waals surface area contributed by atoms with E-state index in [0.717, 1.165) is 23.3 Å². The Morgan fingerprint density at radius 2 is 1.91 bits per heavy atom. The Morgan fingerprint density at radius 1 is 1.14 bits per heavy atom. The molecule has 0 radical (unpaired) electrons. The lowest BCUT2D eigenvalue weighted by atomic mass is 10.1. The largest absolute Gasteiger partial charge is 0.489 e. The molecule has 0 saturated carbocycles. The van der Waals surface area contributed by atoms with E-state index in [1.54, 1.807) is 6.07 Å². The molecule has 3 N–H and O–H groups in total. The molecule has 116 valence electrons. The highest BCUT2D eigenvalue weighted by molar-refractivity contribution is 5.75. The van der Waals surface area contributed by atoms with Crippen molar-refractivity contribution in [1.82, 2.24) is 5.32 Å². The van der Waals surface area contributed by atoms with Gasteiger partial charge in [0.25, 0.3) is 0 Å². The topological polar surface area (TPSA) is 64.4 Å². The van der Waals surface area contributed by atoms with Crippen molar-refractivity contribution in [3.05, 3.63) is 65.5 Å². The van der Waals surface area contributed by atoms with Crippen molar-refractivity contribution >= 4 is 5.91 Å². The predicted molar refractivity (Wildman–Crippen MR) is 82.9 cm³/mol. The summed E-state index contributed by atoms with van der Waals surface area (Å²) in [6.07, 6.45) is 0.803. The lowest BCUT2D eigenvalue weighted by Crippen LogP contribution is -2.29. The number of ether oxygens (including phenoxy) is 1. The van der Waals surface area contributed by atoms with E-state index in [1.807, 2.05) is 30.3 Å². The van der Waals surface area contributed by atoms with E-state index in [-0.39, 0.29) is 18.3 Å². The number of carbonyl (C=O) groups is 1. The van der Waals surface area contributed by atoms with Crippen LogP contribution >= 0.6 is 0 Å². The maximum atomic E-state index is 13.1. The minimum absolute atomic E-state index is 0.189. The van der Waals surface area contributed by atoms with Gasteiger partial charge in [0.05, 0.1) is 6.54 Å². The van der Waals surface area contributed by atoms with Crippen LogP contribution in [0.4, 0.5) is 4.39 Å². The van der Waals surface area contributed by atoms with Crippen LogP contribution in [-0.2, 0) is 17.8 Å². The highest BCUT2D eigenvalue weighted by Crippen LogP contribution is 2.15. The zero-order chi connectivity index (χ0) is 15.8. The van der Waals surface area contributed by atoms with Crippen molar-refractivity contribution in [2.45, 2.75) is 13.0 Å². The molecule has 0 saturated heterocycles. The van der Waals surface area contributed by atoms with Gasteiger partial charge in [-0.15, -0.1) is 0 Å². The lowest BCUT2D eigenvalue weighted by molar-refractivity contribution is -0.117. The van der Waals surface area contributed by atoms with E-state index >= 15 is 0 Å². The third-order valence-corrected chi connectivity index (χ3v) is 3.11. The van der Waals surface area contributed by atoms with E-state index in [9.17, 15) is 9.18 Å². The van der Waals surface area contributed by atoms with E-state index in [4.69, 9.17) is 10.5 Å². The van der Waals surface area contributed by atoms with Gasteiger partial charge in [0.1, 0.15) is 18.2 Å². The van der Waals surface area contributed by atoms with Gasteiger partial charge < -0.3 is 15.8 Å². The molecule has 22 heavy (non-hydrogen) atoms. The Kier molecular flexibility index (Phi) is 5.91. The maximum Gasteiger partial charge on any atom is 0.231 e. The molecule has 0 aliphatic rings. The third-order valence-electron chi connectivity index (χ3n) is 3.11. The highest BCUT2D eigenvalue weighted by Gasteiger charge is 1.99. The molecule has 0 unspecified atom stereocenters. The molecule has 0 fully saturated rings. The number of hydrogen-bond acceptors (Lipinski definition) is 3. The summed E-state index contributed by atoms with van der Waals surface area (Å²) in [5, 5.41) is 2.96. The van der Waals surface area contributed by atoms with Gasteiger partial charge in [0, 0.05) is 0 Å². The van der Waals surface area contributed by atoms with Gasteiger partial charge in [0.15, 0.2) is 0 Å². The zero-order valence-electron chi connectivity index (χ0n) is 12.2. The summed E-state index contributed by atoms with van der Waals surface area (Å²) in [4.78, 5) is 10.6. The maximum absolute atomic E-state index is 13.1. The smallest absolute Gasteiger partial charge is 0.231 e. The molecule has 2 rings (SSSR count). The van der Waals surface area contributed by atoms with Crippen molar-refractivity contribution in [3.63, 3.8) is 0 Å². The number of hydrogen-bond donors (Lipinski definition) is 2. The first kappa shape index (κ1) is 16.0. The summed E-state index contributed by atoms with van der Waals surface area (Å²) in [5.41, 5.74) is 6.97. The Bertz CT molecular complexity index is 614. The van der Waals surface area contributed by atoms with E-state index in [0.29, 0.717) is 13.2 Å². The van der Waals surface area contributed by atoms with Crippen molar-refractivity contribution < 1.29 is 13.9 Å². The molecule has 0 aliphatic carbocycles. The van der Waals surface area contributed by atoms with Crippen LogP contribution in [0.3, 0.4) is 0 Å². The van der Waals surface area contributed by atoms with Crippen molar-refractivity contribution in [2.24, 2.45) is 5.73 Å². The molecule has 2 aromatic rings. The number of halogens is 1. The summed E-state index contributed by atoms with van der Waals surface area (Å²) in [7, 11) is 0. The van der Waals surface area contributed by atoms with Crippen LogP contribution in [0.25, 0.3) is 0 Å². The second kappa shape index (κ2) is 8.14. The number of primary amides is 1. The fraction of sp³-hybridized carbons (Fsp3) is 0.235. The van der Waals surface area contributed by atoms with Gasteiger partial charge in [-0.25, -0.2) is 4.39 Å². The molecular formula is C17H19FN2O2. The SMILES string of the molecule is NC(=O)CNCCc1ccc(OCc2cccc(F)c2)cc1. The average molecular weight is 302 g/mol. The summed E-state index contributed by atoms with van der Waals surface area (Å²) in [6, 6.07) is 14.0. The lowest BCUT2D eigenvalue weighted by Gasteiger charge is -2.08.